The summed E-state index contributed by atoms with van der Waals surface area (Å²) in [6, 6.07) is 29.7. The molecule has 4 nitrogen and oxygen atoms in total. The van der Waals surface area contributed by atoms with E-state index in [1.165, 1.54) is 5.56 Å². The normalized spacial score (nSPS) is 18.7. The van der Waals surface area contributed by atoms with Crippen LogP contribution in [-0.2, 0) is 27.2 Å². The molecule has 2 unspecified atom stereocenters. The first-order valence-corrected chi connectivity index (χ1v) is 12.9. The molecule has 0 bridgehead atoms. The molecule has 4 heteroatoms. The number of carbonyl (C=O) groups is 2. The molecule has 1 heterocycles. The van der Waals surface area contributed by atoms with Crippen molar-refractivity contribution in [3.63, 3.8) is 0 Å². The quantitative estimate of drug-likeness (QED) is 0.302. The number of rotatable bonds is 11. The van der Waals surface area contributed by atoms with Crippen LogP contribution >= 0.6 is 0 Å². The third-order valence-electron chi connectivity index (χ3n) is 7.05. The van der Waals surface area contributed by atoms with Gasteiger partial charge in [0.05, 0.1) is 5.57 Å². The van der Waals surface area contributed by atoms with Gasteiger partial charge in [-0.25, -0.2) is 4.79 Å². The molecule has 1 N–H and O–H groups in total. The van der Waals surface area contributed by atoms with Gasteiger partial charge in [-0.3, -0.25) is 4.79 Å². The number of aliphatic hydroxyl groups excluding tert-OH is 1. The molecule has 1 aliphatic rings. The van der Waals surface area contributed by atoms with Crippen molar-refractivity contribution in [1.82, 2.24) is 0 Å². The third-order valence-corrected chi connectivity index (χ3v) is 7.05. The van der Waals surface area contributed by atoms with Crippen LogP contribution in [0.25, 0.3) is 0 Å². The van der Waals surface area contributed by atoms with Gasteiger partial charge in [0.2, 0.25) is 5.78 Å². The summed E-state index contributed by atoms with van der Waals surface area (Å²) in [5.74, 6) is -1.91. The van der Waals surface area contributed by atoms with Crippen molar-refractivity contribution in [3.05, 3.63) is 119 Å². The molecule has 0 aliphatic carbocycles. The number of ketones is 1. The molecule has 36 heavy (non-hydrogen) atoms. The minimum atomic E-state index is -1.31. The zero-order valence-corrected chi connectivity index (χ0v) is 20.9. The minimum absolute atomic E-state index is 0.0805. The molecule has 0 radical (unpaired) electrons. The molecule has 4 rings (SSSR count). The number of esters is 1. The SMILES string of the molecule is CCCC1(CCCc2ccccc2)OC(=O)C(C(CCc2ccccc2)c2ccccc2)=C(O)C1=O. The van der Waals surface area contributed by atoms with E-state index in [0.29, 0.717) is 38.5 Å². The van der Waals surface area contributed by atoms with Gasteiger partial charge in [-0.05, 0) is 55.2 Å². The first-order valence-electron chi connectivity index (χ1n) is 12.9. The Balaban J connectivity index is 1.61. The largest absolute Gasteiger partial charge is 0.504 e. The summed E-state index contributed by atoms with van der Waals surface area (Å²) in [5.41, 5.74) is 1.96. The third kappa shape index (κ3) is 5.76. The fourth-order valence-corrected chi connectivity index (χ4v) is 5.22. The molecule has 0 aromatic heterocycles. The van der Waals surface area contributed by atoms with Crippen LogP contribution in [0.4, 0.5) is 0 Å². The van der Waals surface area contributed by atoms with Gasteiger partial charge in [-0.2, -0.15) is 0 Å². The lowest BCUT2D eigenvalue weighted by Gasteiger charge is -2.37. The van der Waals surface area contributed by atoms with Gasteiger partial charge in [0.25, 0.3) is 0 Å². The molecule has 0 saturated carbocycles. The second-order valence-corrected chi connectivity index (χ2v) is 9.55. The number of cyclic esters (lactones) is 1. The average molecular weight is 483 g/mol. The summed E-state index contributed by atoms with van der Waals surface area (Å²) < 4.78 is 6.00. The minimum Gasteiger partial charge on any atom is -0.504 e. The van der Waals surface area contributed by atoms with Gasteiger partial charge < -0.3 is 9.84 Å². The lowest BCUT2D eigenvalue weighted by molar-refractivity contribution is -0.169. The van der Waals surface area contributed by atoms with Crippen molar-refractivity contribution in [2.45, 2.75) is 63.4 Å². The summed E-state index contributed by atoms with van der Waals surface area (Å²) in [6.45, 7) is 1.96. The van der Waals surface area contributed by atoms with Crippen LogP contribution in [0.3, 0.4) is 0 Å². The number of aliphatic hydroxyl groups is 1. The number of ether oxygens (including phenoxy) is 1. The fourth-order valence-electron chi connectivity index (χ4n) is 5.22. The fraction of sp³-hybridized carbons (Fsp3) is 0.312. The molecule has 0 spiro atoms. The number of Topliss-reactive ketones (excluding diaryl/α,β-unsaturated/α-hetero) is 1. The standard InChI is InChI=1S/C32H34O4/c1-2-22-32(23-12-17-24-13-6-3-7-14-24)30(34)29(33)28(31(35)36-32)27(26-18-10-5-11-19-26)21-20-25-15-8-4-9-16-25/h3-11,13-16,18-19,27,33H,2,12,17,20-23H2,1H3. The number of hydrogen-bond acceptors (Lipinski definition) is 4. The van der Waals surface area contributed by atoms with Crippen LogP contribution < -0.4 is 0 Å². The molecule has 1 aliphatic heterocycles. The Bertz CT molecular complexity index is 1180. The van der Waals surface area contributed by atoms with Gasteiger partial charge in [0.1, 0.15) is 0 Å². The monoisotopic (exact) mass is 482 g/mol. The molecule has 186 valence electrons. The first kappa shape index (κ1) is 25.4. The Morgan fingerprint density at radius 3 is 1.92 bits per heavy atom. The predicted molar refractivity (Wildman–Crippen MR) is 142 cm³/mol. The average Bonchev–Trinajstić information content (AvgIpc) is 2.91. The van der Waals surface area contributed by atoms with Gasteiger partial charge in [0, 0.05) is 5.92 Å². The van der Waals surface area contributed by atoms with Crippen molar-refractivity contribution in [2.75, 3.05) is 0 Å². The van der Waals surface area contributed by atoms with Crippen LogP contribution in [0.5, 0.6) is 0 Å². The zero-order chi connectivity index (χ0) is 25.4. The van der Waals surface area contributed by atoms with Gasteiger partial charge in [-0.15, -0.1) is 0 Å². The Hall–Kier alpha value is -3.66. The van der Waals surface area contributed by atoms with E-state index in [2.05, 4.69) is 0 Å². The van der Waals surface area contributed by atoms with Crippen LogP contribution in [0.15, 0.2) is 102 Å². The molecule has 3 aromatic rings. The lowest BCUT2D eigenvalue weighted by atomic mass is 9.78. The van der Waals surface area contributed by atoms with E-state index in [1.54, 1.807) is 0 Å². The highest BCUT2D eigenvalue weighted by atomic mass is 16.6. The number of carbonyl (C=O) groups excluding carboxylic acids is 2. The summed E-state index contributed by atoms with van der Waals surface area (Å²) in [5, 5.41) is 11.2. The molecular formula is C32H34O4. The maximum Gasteiger partial charge on any atom is 0.339 e. The van der Waals surface area contributed by atoms with Gasteiger partial charge in [-0.1, -0.05) is 104 Å². The van der Waals surface area contributed by atoms with Crippen LogP contribution in [0, 0.1) is 0 Å². The Morgan fingerprint density at radius 1 is 0.778 bits per heavy atom. The van der Waals surface area contributed by atoms with Gasteiger partial charge >= 0.3 is 5.97 Å². The van der Waals surface area contributed by atoms with E-state index in [-0.39, 0.29) is 5.57 Å². The van der Waals surface area contributed by atoms with E-state index < -0.39 is 29.0 Å². The summed E-state index contributed by atoms with van der Waals surface area (Å²) in [6.07, 6.45) is 4.19. The smallest absolute Gasteiger partial charge is 0.339 e. The highest BCUT2D eigenvalue weighted by Gasteiger charge is 2.50. The van der Waals surface area contributed by atoms with E-state index in [1.807, 2.05) is 97.9 Å². The van der Waals surface area contributed by atoms with E-state index in [9.17, 15) is 14.7 Å². The number of benzene rings is 3. The number of aryl methyl sites for hydroxylation is 2. The van der Waals surface area contributed by atoms with Crippen molar-refractivity contribution in [1.29, 1.82) is 0 Å². The lowest BCUT2D eigenvalue weighted by Crippen LogP contribution is -2.49. The Labute approximate surface area is 213 Å². The zero-order valence-electron chi connectivity index (χ0n) is 20.9. The second-order valence-electron chi connectivity index (χ2n) is 9.55. The van der Waals surface area contributed by atoms with E-state index in [0.717, 1.165) is 17.5 Å². The second kappa shape index (κ2) is 11.9. The number of hydrogen-bond donors (Lipinski definition) is 1. The summed E-state index contributed by atoms with van der Waals surface area (Å²) in [7, 11) is 0. The molecule has 0 fully saturated rings. The molecule has 0 amide bonds. The molecule has 3 aromatic carbocycles. The molecule has 0 saturated heterocycles. The maximum absolute atomic E-state index is 13.7. The van der Waals surface area contributed by atoms with Crippen LogP contribution in [0.2, 0.25) is 0 Å². The van der Waals surface area contributed by atoms with E-state index in [4.69, 9.17) is 4.74 Å². The Kier molecular flexibility index (Phi) is 8.37. The summed E-state index contributed by atoms with van der Waals surface area (Å²) >= 11 is 0. The van der Waals surface area contributed by atoms with Crippen molar-refractivity contribution in [2.24, 2.45) is 0 Å². The van der Waals surface area contributed by atoms with Crippen molar-refractivity contribution >= 4 is 11.8 Å². The Morgan fingerprint density at radius 2 is 1.33 bits per heavy atom. The predicted octanol–water partition coefficient (Wildman–Crippen LogP) is 6.90. The van der Waals surface area contributed by atoms with Crippen LogP contribution in [-0.4, -0.2) is 22.5 Å². The summed E-state index contributed by atoms with van der Waals surface area (Å²) in [4.78, 5) is 27.2. The molecular weight excluding hydrogens is 448 g/mol. The highest BCUT2D eigenvalue weighted by Crippen LogP contribution is 2.40. The first-order chi connectivity index (χ1) is 17.5. The van der Waals surface area contributed by atoms with E-state index >= 15 is 0 Å². The van der Waals surface area contributed by atoms with Crippen LogP contribution in [0.1, 0.15) is 61.6 Å². The van der Waals surface area contributed by atoms with Gasteiger partial charge in [0.15, 0.2) is 11.4 Å². The van der Waals surface area contributed by atoms with Crippen molar-refractivity contribution in [3.8, 4) is 0 Å². The van der Waals surface area contributed by atoms with Crippen molar-refractivity contribution < 1.29 is 19.4 Å². The highest BCUT2D eigenvalue weighted by molar-refractivity contribution is 6.11. The molecule has 2 atom stereocenters. The topological polar surface area (TPSA) is 63.6 Å². The maximum atomic E-state index is 13.7.